The summed E-state index contributed by atoms with van der Waals surface area (Å²) < 4.78 is 34.3. The van der Waals surface area contributed by atoms with Gasteiger partial charge in [-0.1, -0.05) is 170 Å². The molecule has 0 amide bonds. The standard InChI is InChI=1S/C70H42N2O4/c1-9-31-57-47(23-1)48-24-2-10-32-58(48)71(57)45-21-17-19-43(39-45)65-41-55-67(75-65)70(53-29-7-15-37-63(53)74-64-38-16-8-30-54(64)70)56-42-66(76-68(56)69(55)51-27-5-13-35-61(51)73-62-36-14-6-28-52(62)69)44-20-18-22-46(40-44)72-59-33-11-3-25-49(59)50-26-4-12-34-60(50)72/h1-42H. The first kappa shape index (κ1) is 41.4. The van der Waals surface area contributed by atoms with E-state index in [9.17, 15) is 0 Å². The van der Waals surface area contributed by atoms with E-state index in [-0.39, 0.29) is 0 Å². The van der Waals surface area contributed by atoms with E-state index in [2.05, 4.69) is 240 Å². The van der Waals surface area contributed by atoms with Gasteiger partial charge >= 0.3 is 0 Å². The van der Waals surface area contributed by atoms with Gasteiger partial charge in [0.25, 0.3) is 0 Å². The Morgan fingerprint density at radius 2 is 0.566 bits per heavy atom. The van der Waals surface area contributed by atoms with Gasteiger partial charge in [-0.25, -0.2) is 0 Å². The van der Waals surface area contributed by atoms with Crippen LogP contribution in [0, 0.1) is 0 Å². The lowest BCUT2D eigenvalue weighted by Crippen LogP contribution is -2.46. The first-order chi connectivity index (χ1) is 37.7. The van der Waals surface area contributed by atoms with Crippen LogP contribution in [0.4, 0.5) is 0 Å². The summed E-state index contributed by atoms with van der Waals surface area (Å²) in [5.41, 5.74) is 12.2. The summed E-state index contributed by atoms with van der Waals surface area (Å²) in [5, 5.41) is 4.84. The van der Waals surface area contributed by atoms with Gasteiger partial charge in [0, 0.05) is 77.4 Å². The van der Waals surface area contributed by atoms with E-state index in [1.165, 1.54) is 21.5 Å². The maximum atomic E-state index is 7.88. The number of aromatic nitrogens is 2. The molecule has 14 aromatic rings. The Hall–Kier alpha value is -10.0. The molecule has 3 aliphatic rings. The minimum absolute atomic E-state index is 0.735. The molecule has 0 radical (unpaired) electrons. The second-order valence-electron chi connectivity index (χ2n) is 20.2. The number of rotatable bonds is 4. The van der Waals surface area contributed by atoms with Crippen molar-refractivity contribution in [2.45, 2.75) is 10.8 Å². The fraction of sp³-hybridized carbons (Fsp3) is 0.0286. The average Bonchev–Trinajstić information content (AvgIpc) is 4.44. The van der Waals surface area contributed by atoms with Crippen molar-refractivity contribution in [3.63, 3.8) is 0 Å². The van der Waals surface area contributed by atoms with Crippen LogP contribution in [0.5, 0.6) is 23.0 Å². The van der Waals surface area contributed by atoms with Gasteiger partial charge in [-0.05, 0) is 84.9 Å². The molecule has 0 unspecified atom stereocenters. The molecule has 356 valence electrons. The molecule has 6 heteroatoms. The fourth-order valence-corrected chi connectivity index (χ4v) is 13.5. The normalized spacial score (nSPS) is 14.2. The Bertz CT molecular complexity index is 4210. The van der Waals surface area contributed by atoms with Crippen LogP contribution in [0.1, 0.15) is 44.9 Å². The third kappa shape index (κ3) is 5.34. The van der Waals surface area contributed by atoms with E-state index in [0.29, 0.717) is 0 Å². The molecule has 10 aromatic carbocycles. The van der Waals surface area contributed by atoms with Crippen LogP contribution in [-0.2, 0) is 10.8 Å². The van der Waals surface area contributed by atoms with E-state index in [1.54, 1.807) is 0 Å². The third-order valence-electron chi connectivity index (χ3n) is 16.5. The van der Waals surface area contributed by atoms with Crippen molar-refractivity contribution in [1.29, 1.82) is 0 Å². The van der Waals surface area contributed by atoms with E-state index in [0.717, 1.165) is 124 Å². The van der Waals surface area contributed by atoms with Crippen LogP contribution in [0.2, 0.25) is 0 Å². The highest BCUT2D eigenvalue weighted by Crippen LogP contribution is 2.68. The SMILES string of the molecule is c1cc(-c2cc3c(o2)C2(c4ccccc4Oc4ccccc42)c2cc(-c4cccc(-n5c6ccccc6c6ccccc65)c4)oc2C32c3ccccc3Oc3ccccc32)cc(-n2c3ccccc3c3ccccc32)c1. The van der Waals surface area contributed by atoms with Gasteiger partial charge in [-0.3, -0.25) is 0 Å². The maximum Gasteiger partial charge on any atom is 0.134 e. The Morgan fingerprint density at radius 1 is 0.263 bits per heavy atom. The van der Waals surface area contributed by atoms with E-state index < -0.39 is 10.8 Å². The Kier molecular flexibility index (Phi) is 8.32. The topological polar surface area (TPSA) is 54.6 Å². The molecule has 6 nitrogen and oxygen atoms in total. The average molecular weight is 975 g/mol. The molecule has 2 spiro atoms. The van der Waals surface area contributed by atoms with Gasteiger partial charge in [-0.2, -0.15) is 0 Å². The summed E-state index contributed by atoms with van der Waals surface area (Å²) in [6.45, 7) is 0. The van der Waals surface area contributed by atoms with Gasteiger partial charge in [0.05, 0.1) is 22.1 Å². The van der Waals surface area contributed by atoms with Crippen LogP contribution < -0.4 is 9.47 Å². The quantitative estimate of drug-likeness (QED) is 0.176. The number of ether oxygens (including phenoxy) is 2. The van der Waals surface area contributed by atoms with Crippen LogP contribution in [0.25, 0.3) is 77.6 Å². The van der Waals surface area contributed by atoms with Crippen molar-refractivity contribution in [3.8, 4) is 57.0 Å². The zero-order valence-corrected chi connectivity index (χ0v) is 40.8. The summed E-state index contributed by atoms with van der Waals surface area (Å²) in [6, 6.07) is 90.4. The maximum absolute atomic E-state index is 7.88. The van der Waals surface area contributed by atoms with Gasteiger partial charge in [-0.15, -0.1) is 0 Å². The van der Waals surface area contributed by atoms with Crippen molar-refractivity contribution in [3.05, 3.63) is 300 Å². The van der Waals surface area contributed by atoms with Crippen molar-refractivity contribution in [2.75, 3.05) is 0 Å². The van der Waals surface area contributed by atoms with Crippen molar-refractivity contribution in [1.82, 2.24) is 9.13 Å². The Balaban J connectivity index is 0.979. The summed E-state index contributed by atoms with van der Waals surface area (Å²) in [7, 11) is 0. The molecule has 0 N–H and O–H groups in total. The molecule has 4 aromatic heterocycles. The number of nitrogens with zero attached hydrogens (tertiary/aromatic N) is 2. The number of fused-ring (bicyclic) bond motifs is 20. The molecule has 0 bridgehead atoms. The second-order valence-corrected chi connectivity index (χ2v) is 20.2. The Morgan fingerprint density at radius 3 is 0.908 bits per heavy atom. The third-order valence-corrected chi connectivity index (χ3v) is 16.5. The fourth-order valence-electron chi connectivity index (χ4n) is 13.5. The van der Waals surface area contributed by atoms with Gasteiger partial charge in [0.2, 0.25) is 0 Å². The van der Waals surface area contributed by atoms with Crippen LogP contribution >= 0.6 is 0 Å². The first-order valence-electron chi connectivity index (χ1n) is 25.9. The largest absolute Gasteiger partial charge is 0.459 e. The lowest BCUT2D eigenvalue weighted by atomic mass is 9.53. The summed E-state index contributed by atoms with van der Waals surface area (Å²) in [4.78, 5) is 0. The lowest BCUT2D eigenvalue weighted by Gasteiger charge is -2.48. The predicted octanol–water partition coefficient (Wildman–Crippen LogP) is 17.7. The van der Waals surface area contributed by atoms with Crippen molar-refractivity contribution < 1.29 is 18.3 Å². The smallest absolute Gasteiger partial charge is 0.134 e. The molecule has 17 rings (SSSR count). The monoisotopic (exact) mass is 974 g/mol. The molecular formula is C70H42N2O4. The number of para-hydroxylation sites is 8. The molecule has 0 saturated heterocycles. The first-order valence-corrected chi connectivity index (χ1v) is 25.9. The summed E-state index contributed by atoms with van der Waals surface area (Å²) in [6.07, 6.45) is 0. The molecule has 6 heterocycles. The zero-order chi connectivity index (χ0) is 49.7. The van der Waals surface area contributed by atoms with E-state index >= 15 is 0 Å². The molecule has 0 atom stereocenters. The number of benzene rings is 10. The van der Waals surface area contributed by atoms with Crippen molar-refractivity contribution in [2.24, 2.45) is 0 Å². The van der Waals surface area contributed by atoms with E-state index in [1.807, 2.05) is 24.3 Å². The van der Waals surface area contributed by atoms with Crippen LogP contribution in [0.15, 0.2) is 264 Å². The van der Waals surface area contributed by atoms with Crippen LogP contribution in [0.3, 0.4) is 0 Å². The minimum atomic E-state index is -1.06. The molecular weight excluding hydrogens is 933 g/mol. The number of hydrogen-bond donors (Lipinski definition) is 0. The summed E-state index contributed by atoms with van der Waals surface area (Å²) >= 11 is 0. The molecule has 0 saturated carbocycles. The lowest BCUT2D eigenvalue weighted by molar-refractivity contribution is 0.353. The molecule has 1 aliphatic carbocycles. The van der Waals surface area contributed by atoms with Gasteiger partial charge in [0.15, 0.2) is 0 Å². The summed E-state index contributed by atoms with van der Waals surface area (Å²) in [5.74, 6) is 6.07. The second kappa shape index (κ2) is 15.3. The highest BCUT2D eigenvalue weighted by atomic mass is 16.5. The zero-order valence-electron chi connectivity index (χ0n) is 40.8. The highest BCUT2D eigenvalue weighted by Gasteiger charge is 2.63. The molecule has 0 fully saturated rings. The predicted molar refractivity (Wildman–Crippen MR) is 301 cm³/mol. The number of furan rings is 2. The van der Waals surface area contributed by atoms with Gasteiger partial charge in [0.1, 0.15) is 56.9 Å². The minimum Gasteiger partial charge on any atom is -0.459 e. The van der Waals surface area contributed by atoms with Crippen LogP contribution in [-0.4, -0.2) is 9.13 Å². The number of hydrogen-bond acceptors (Lipinski definition) is 4. The molecule has 2 aliphatic heterocycles. The Labute approximate surface area is 436 Å². The van der Waals surface area contributed by atoms with Gasteiger partial charge < -0.3 is 27.4 Å². The van der Waals surface area contributed by atoms with E-state index in [4.69, 9.17) is 18.3 Å². The molecule has 76 heavy (non-hydrogen) atoms. The van der Waals surface area contributed by atoms with Crippen molar-refractivity contribution >= 4 is 43.6 Å². The highest BCUT2D eigenvalue weighted by molar-refractivity contribution is 6.10.